The van der Waals surface area contributed by atoms with Gasteiger partial charge in [0.2, 0.25) is 5.88 Å². The molecule has 76 valence electrons. The van der Waals surface area contributed by atoms with E-state index in [0.717, 1.165) is 5.69 Å². The van der Waals surface area contributed by atoms with Crippen molar-refractivity contribution in [3.8, 4) is 5.88 Å². The van der Waals surface area contributed by atoms with Crippen LogP contribution in [-0.4, -0.2) is 17.3 Å². The van der Waals surface area contributed by atoms with E-state index in [0.29, 0.717) is 11.8 Å². The SMILES string of the molecule is COc1ccc(C2CCCCC2)nn1. The predicted octanol–water partition coefficient (Wildman–Crippen LogP) is 2.53. The highest BCUT2D eigenvalue weighted by atomic mass is 16.5. The number of aromatic nitrogens is 2. The highest BCUT2D eigenvalue weighted by Gasteiger charge is 2.16. The summed E-state index contributed by atoms with van der Waals surface area (Å²) < 4.78 is 4.98. The van der Waals surface area contributed by atoms with Crippen LogP contribution in [0.15, 0.2) is 12.1 Å². The molecule has 0 amide bonds. The molecular weight excluding hydrogens is 176 g/mol. The van der Waals surface area contributed by atoms with Crippen molar-refractivity contribution in [2.24, 2.45) is 0 Å². The smallest absolute Gasteiger partial charge is 0.233 e. The van der Waals surface area contributed by atoms with Gasteiger partial charge in [-0.05, 0) is 18.9 Å². The zero-order chi connectivity index (χ0) is 9.80. The highest BCUT2D eigenvalue weighted by Crippen LogP contribution is 2.31. The maximum absolute atomic E-state index is 4.98. The van der Waals surface area contributed by atoms with Gasteiger partial charge >= 0.3 is 0 Å². The fraction of sp³-hybridized carbons (Fsp3) is 0.636. The Kier molecular flexibility index (Phi) is 2.96. The second-order valence-electron chi connectivity index (χ2n) is 3.84. The van der Waals surface area contributed by atoms with E-state index in [1.165, 1.54) is 32.1 Å². The molecule has 1 aliphatic carbocycles. The molecule has 0 N–H and O–H groups in total. The zero-order valence-electron chi connectivity index (χ0n) is 8.57. The molecular formula is C11H16N2O. The summed E-state index contributed by atoms with van der Waals surface area (Å²) in [5.41, 5.74) is 1.13. The Balaban J connectivity index is 2.07. The summed E-state index contributed by atoms with van der Waals surface area (Å²) in [7, 11) is 1.62. The van der Waals surface area contributed by atoms with Crippen LogP contribution in [0.3, 0.4) is 0 Å². The molecule has 0 spiro atoms. The van der Waals surface area contributed by atoms with E-state index in [1.807, 2.05) is 12.1 Å². The Bertz CT molecular complexity index is 278. The largest absolute Gasteiger partial charge is 0.480 e. The molecule has 1 aliphatic rings. The first-order valence-corrected chi connectivity index (χ1v) is 5.28. The maximum Gasteiger partial charge on any atom is 0.233 e. The van der Waals surface area contributed by atoms with Crippen LogP contribution in [0, 0.1) is 0 Å². The molecule has 0 saturated heterocycles. The zero-order valence-corrected chi connectivity index (χ0v) is 8.57. The molecule has 0 atom stereocenters. The minimum atomic E-state index is 0.601. The number of hydrogen-bond acceptors (Lipinski definition) is 3. The molecule has 3 nitrogen and oxygen atoms in total. The van der Waals surface area contributed by atoms with E-state index in [2.05, 4.69) is 10.2 Å². The van der Waals surface area contributed by atoms with Gasteiger partial charge in [-0.25, -0.2) is 0 Å². The first-order chi connectivity index (χ1) is 6.90. The summed E-state index contributed by atoms with van der Waals surface area (Å²) >= 11 is 0. The lowest BCUT2D eigenvalue weighted by Gasteiger charge is -2.20. The summed E-state index contributed by atoms with van der Waals surface area (Å²) in [4.78, 5) is 0. The third-order valence-electron chi connectivity index (χ3n) is 2.89. The molecule has 1 heterocycles. The molecule has 1 saturated carbocycles. The lowest BCUT2D eigenvalue weighted by molar-refractivity contribution is 0.386. The van der Waals surface area contributed by atoms with Crippen LogP contribution in [0.5, 0.6) is 5.88 Å². The Hall–Kier alpha value is -1.12. The molecule has 0 bridgehead atoms. The first-order valence-electron chi connectivity index (χ1n) is 5.28. The predicted molar refractivity (Wildman–Crippen MR) is 54.4 cm³/mol. The molecule has 1 fully saturated rings. The molecule has 0 aliphatic heterocycles. The van der Waals surface area contributed by atoms with Crippen molar-refractivity contribution >= 4 is 0 Å². The van der Waals surface area contributed by atoms with Gasteiger partial charge in [-0.1, -0.05) is 19.3 Å². The molecule has 0 radical (unpaired) electrons. The molecule has 3 heteroatoms. The van der Waals surface area contributed by atoms with Crippen LogP contribution in [0.2, 0.25) is 0 Å². The highest BCUT2D eigenvalue weighted by molar-refractivity contribution is 5.14. The third-order valence-corrected chi connectivity index (χ3v) is 2.89. The van der Waals surface area contributed by atoms with Gasteiger partial charge < -0.3 is 4.74 Å². The van der Waals surface area contributed by atoms with Gasteiger partial charge in [0, 0.05) is 12.0 Å². The van der Waals surface area contributed by atoms with Crippen LogP contribution in [0.25, 0.3) is 0 Å². The normalized spacial score (nSPS) is 18.1. The second-order valence-corrected chi connectivity index (χ2v) is 3.84. The molecule has 1 aromatic heterocycles. The van der Waals surface area contributed by atoms with Gasteiger partial charge in [-0.3, -0.25) is 0 Å². The van der Waals surface area contributed by atoms with Crippen molar-refractivity contribution in [1.29, 1.82) is 0 Å². The van der Waals surface area contributed by atoms with Crippen LogP contribution in [0.1, 0.15) is 43.7 Å². The van der Waals surface area contributed by atoms with E-state index < -0.39 is 0 Å². The maximum atomic E-state index is 4.98. The van der Waals surface area contributed by atoms with Gasteiger partial charge in [-0.2, -0.15) is 5.10 Å². The molecule has 0 aromatic carbocycles. The van der Waals surface area contributed by atoms with Gasteiger partial charge in [0.25, 0.3) is 0 Å². The standard InChI is InChI=1S/C11H16N2O/c1-14-11-8-7-10(12-13-11)9-5-3-2-4-6-9/h7-9H,2-6H2,1H3. The van der Waals surface area contributed by atoms with Crippen molar-refractivity contribution < 1.29 is 4.74 Å². The van der Waals surface area contributed by atoms with Crippen molar-refractivity contribution in [2.45, 2.75) is 38.0 Å². The number of nitrogens with zero attached hydrogens (tertiary/aromatic N) is 2. The lowest BCUT2D eigenvalue weighted by Crippen LogP contribution is -2.07. The van der Waals surface area contributed by atoms with Crippen LogP contribution in [-0.2, 0) is 0 Å². The number of rotatable bonds is 2. The molecule has 0 unspecified atom stereocenters. The van der Waals surface area contributed by atoms with Gasteiger partial charge in [0.15, 0.2) is 0 Å². The minimum Gasteiger partial charge on any atom is -0.480 e. The summed E-state index contributed by atoms with van der Waals surface area (Å²) in [6, 6.07) is 3.94. The van der Waals surface area contributed by atoms with E-state index in [9.17, 15) is 0 Å². The summed E-state index contributed by atoms with van der Waals surface area (Å²) in [6.07, 6.45) is 6.57. The van der Waals surface area contributed by atoms with E-state index in [4.69, 9.17) is 4.74 Å². The average molecular weight is 192 g/mol. The fourth-order valence-corrected chi connectivity index (χ4v) is 2.06. The van der Waals surface area contributed by atoms with Crippen molar-refractivity contribution in [3.63, 3.8) is 0 Å². The Labute approximate surface area is 84.5 Å². The topological polar surface area (TPSA) is 35.0 Å². The first kappa shape index (κ1) is 9.44. The minimum absolute atomic E-state index is 0.601. The Morgan fingerprint density at radius 1 is 1.14 bits per heavy atom. The average Bonchev–Trinajstić information content (AvgIpc) is 2.30. The van der Waals surface area contributed by atoms with Crippen molar-refractivity contribution in [3.05, 3.63) is 17.8 Å². The monoisotopic (exact) mass is 192 g/mol. The van der Waals surface area contributed by atoms with Crippen molar-refractivity contribution in [2.75, 3.05) is 7.11 Å². The molecule has 2 rings (SSSR count). The molecule has 1 aromatic rings. The van der Waals surface area contributed by atoms with Crippen LogP contribution in [0.4, 0.5) is 0 Å². The van der Waals surface area contributed by atoms with Crippen LogP contribution < -0.4 is 4.74 Å². The fourth-order valence-electron chi connectivity index (χ4n) is 2.06. The van der Waals surface area contributed by atoms with Gasteiger partial charge in [-0.15, -0.1) is 5.10 Å². The summed E-state index contributed by atoms with van der Waals surface area (Å²) in [5, 5.41) is 8.20. The van der Waals surface area contributed by atoms with Gasteiger partial charge in [0.1, 0.15) is 0 Å². The van der Waals surface area contributed by atoms with E-state index in [-0.39, 0.29) is 0 Å². The van der Waals surface area contributed by atoms with E-state index in [1.54, 1.807) is 7.11 Å². The van der Waals surface area contributed by atoms with Crippen LogP contribution >= 0.6 is 0 Å². The second kappa shape index (κ2) is 4.40. The van der Waals surface area contributed by atoms with E-state index >= 15 is 0 Å². The number of methoxy groups -OCH3 is 1. The lowest BCUT2D eigenvalue weighted by atomic mass is 9.87. The Morgan fingerprint density at radius 2 is 1.93 bits per heavy atom. The van der Waals surface area contributed by atoms with Crippen molar-refractivity contribution in [1.82, 2.24) is 10.2 Å². The number of hydrogen-bond donors (Lipinski definition) is 0. The van der Waals surface area contributed by atoms with Gasteiger partial charge in [0.05, 0.1) is 12.8 Å². The number of ether oxygens (including phenoxy) is 1. The molecule has 14 heavy (non-hydrogen) atoms. The Morgan fingerprint density at radius 3 is 2.50 bits per heavy atom. The quantitative estimate of drug-likeness (QED) is 0.722. The summed E-state index contributed by atoms with van der Waals surface area (Å²) in [5.74, 6) is 1.23. The third kappa shape index (κ3) is 2.03. The summed E-state index contributed by atoms with van der Waals surface area (Å²) in [6.45, 7) is 0.